The number of aliphatic hydroxyl groups excluding tert-OH is 1. The third-order valence-electron chi connectivity index (χ3n) is 6.94. The molecule has 4 aliphatic rings. The summed E-state index contributed by atoms with van der Waals surface area (Å²) < 4.78 is 12.1. The number of rotatable bonds is 3. The van der Waals surface area contributed by atoms with Crippen LogP contribution in [0, 0.1) is 5.92 Å². The van der Waals surface area contributed by atoms with Crippen LogP contribution in [0.4, 0.5) is 0 Å². The van der Waals surface area contributed by atoms with Gasteiger partial charge in [0.05, 0.1) is 7.11 Å². The lowest BCUT2D eigenvalue weighted by atomic mass is 9.53. The summed E-state index contributed by atoms with van der Waals surface area (Å²) in [6, 6.07) is 2.57. The van der Waals surface area contributed by atoms with Crippen molar-refractivity contribution in [2.45, 2.75) is 42.9 Å². The van der Waals surface area contributed by atoms with Crippen LogP contribution in [0.5, 0.6) is 11.5 Å². The van der Waals surface area contributed by atoms with Gasteiger partial charge in [-0.2, -0.15) is 0 Å². The number of aliphatic hydroxyl groups is 1. The number of benzene rings is 1. The quantitative estimate of drug-likeness (QED) is 0.858. The zero-order chi connectivity index (χ0) is 17.3. The first kappa shape index (κ1) is 15.5. The molecular formula is C21H25NO3. The summed E-state index contributed by atoms with van der Waals surface area (Å²) in [5.41, 5.74) is 3.87. The smallest absolute Gasteiger partial charge is 0.166 e. The molecule has 0 aromatic heterocycles. The van der Waals surface area contributed by atoms with E-state index < -0.39 is 6.10 Å². The first-order valence-electron chi connectivity index (χ1n) is 9.19. The lowest BCUT2D eigenvalue weighted by molar-refractivity contribution is -0.0454. The molecule has 0 saturated carbocycles. The number of likely N-dealkylation sites (N-methyl/N-ethyl adjacent to an activating group) is 1. The van der Waals surface area contributed by atoms with Crippen molar-refractivity contribution in [3.63, 3.8) is 0 Å². The number of allylic oxidation sites excluding steroid dienone is 1. The van der Waals surface area contributed by atoms with E-state index in [1.165, 1.54) is 16.7 Å². The number of methoxy groups -OCH3 is 1. The molecule has 0 amide bonds. The normalized spacial score (nSPS) is 37.4. The van der Waals surface area contributed by atoms with Crippen molar-refractivity contribution in [3.8, 4) is 11.5 Å². The average molecular weight is 339 g/mol. The van der Waals surface area contributed by atoms with E-state index in [-0.39, 0.29) is 11.5 Å². The van der Waals surface area contributed by atoms with E-state index in [9.17, 15) is 5.11 Å². The number of ether oxygens (including phenoxy) is 2. The van der Waals surface area contributed by atoms with Crippen LogP contribution in [0.2, 0.25) is 0 Å². The van der Waals surface area contributed by atoms with Crippen LogP contribution in [0.1, 0.15) is 23.1 Å². The van der Waals surface area contributed by atoms with Crippen LogP contribution in [-0.2, 0) is 18.3 Å². The highest BCUT2D eigenvalue weighted by Gasteiger charge is 2.64. The van der Waals surface area contributed by atoms with Gasteiger partial charge in [0.15, 0.2) is 11.5 Å². The second-order valence-corrected chi connectivity index (χ2v) is 7.90. The van der Waals surface area contributed by atoms with E-state index in [1.54, 1.807) is 7.11 Å². The molecule has 1 spiro atoms. The van der Waals surface area contributed by atoms with Gasteiger partial charge in [0.25, 0.3) is 0 Å². The molecule has 1 saturated heterocycles. The average Bonchev–Trinajstić information content (AvgIpc) is 2.96. The molecule has 2 heterocycles. The molecule has 0 radical (unpaired) electrons. The van der Waals surface area contributed by atoms with Crippen LogP contribution in [-0.4, -0.2) is 49.0 Å². The molecule has 4 heteroatoms. The molecule has 0 unspecified atom stereocenters. The van der Waals surface area contributed by atoms with E-state index in [0.29, 0.717) is 12.0 Å². The first-order chi connectivity index (χ1) is 12.1. The summed E-state index contributed by atoms with van der Waals surface area (Å²) in [7, 11) is 3.93. The maximum absolute atomic E-state index is 10.7. The standard InChI is InChI=1S/C21H25NO3/c1-4-5-12-10-17(24-3)19-18-13(12)11-15-14-6-7-16(23)20(25-19)21(14,18)8-9-22(15)2/h4,6-7,10,14-16,20,23H,1,5,8-9,11H2,2-3H3/t14-,15+,16-,20-,21-/m0/s1. The minimum atomic E-state index is -0.564. The van der Waals surface area contributed by atoms with Crippen LogP contribution in [0.25, 0.3) is 0 Å². The number of nitrogens with zero attached hydrogens (tertiary/aromatic N) is 1. The topological polar surface area (TPSA) is 41.9 Å². The van der Waals surface area contributed by atoms with Crippen molar-refractivity contribution < 1.29 is 14.6 Å². The highest BCUT2D eigenvalue weighted by molar-refractivity contribution is 5.64. The van der Waals surface area contributed by atoms with Gasteiger partial charge in [0.2, 0.25) is 0 Å². The Hall–Kier alpha value is -1.78. The van der Waals surface area contributed by atoms with E-state index >= 15 is 0 Å². The van der Waals surface area contributed by atoms with Crippen LogP contribution < -0.4 is 9.47 Å². The van der Waals surface area contributed by atoms with E-state index in [2.05, 4.69) is 30.7 Å². The molecule has 2 bridgehead atoms. The zero-order valence-electron chi connectivity index (χ0n) is 14.9. The maximum Gasteiger partial charge on any atom is 0.166 e. The molecule has 5 rings (SSSR count). The molecule has 25 heavy (non-hydrogen) atoms. The number of hydrogen-bond donors (Lipinski definition) is 1. The van der Waals surface area contributed by atoms with Crippen molar-refractivity contribution in [2.24, 2.45) is 5.92 Å². The summed E-state index contributed by atoms with van der Waals surface area (Å²) in [6.07, 6.45) is 8.24. The lowest BCUT2D eigenvalue weighted by Crippen LogP contribution is -2.64. The Morgan fingerprint density at radius 2 is 2.32 bits per heavy atom. The van der Waals surface area contributed by atoms with Gasteiger partial charge in [-0.3, -0.25) is 0 Å². The van der Waals surface area contributed by atoms with Gasteiger partial charge >= 0.3 is 0 Å². The van der Waals surface area contributed by atoms with Gasteiger partial charge in [0.1, 0.15) is 12.2 Å². The summed E-state index contributed by atoms with van der Waals surface area (Å²) in [5.74, 6) is 2.05. The minimum Gasteiger partial charge on any atom is -0.493 e. The summed E-state index contributed by atoms with van der Waals surface area (Å²) >= 11 is 0. The zero-order valence-corrected chi connectivity index (χ0v) is 14.9. The second kappa shape index (κ2) is 5.12. The van der Waals surface area contributed by atoms with Crippen LogP contribution in [0.15, 0.2) is 30.9 Å². The lowest BCUT2D eigenvalue weighted by Gasteiger charge is -2.56. The Bertz CT molecular complexity index is 786. The number of piperidine rings is 1. The predicted octanol–water partition coefficient (Wildman–Crippen LogP) is 2.23. The molecule has 2 aliphatic heterocycles. The highest BCUT2D eigenvalue weighted by Crippen LogP contribution is 2.63. The van der Waals surface area contributed by atoms with Gasteiger partial charge in [-0.15, -0.1) is 6.58 Å². The second-order valence-electron chi connectivity index (χ2n) is 7.90. The Morgan fingerprint density at radius 1 is 1.48 bits per heavy atom. The molecule has 1 aromatic rings. The van der Waals surface area contributed by atoms with Crippen LogP contribution in [0.3, 0.4) is 0 Å². The Kier molecular flexibility index (Phi) is 3.17. The monoisotopic (exact) mass is 339 g/mol. The van der Waals surface area contributed by atoms with Crippen molar-refractivity contribution in [3.05, 3.63) is 47.6 Å². The maximum atomic E-state index is 10.7. The van der Waals surface area contributed by atoms with E-state index in [4.69, 9.17) is 9.47 Å². The fraction of sp³-hybridized carbons (Fsp3) is 0.524. The van der Waals surface area contributed by atoms with Crippen LogP contribution >= 0.6 is 0 Å². The summed E-state index contributed by atoms with van der Waals surface area (Å²) in [4.78, 5) is 2.48. The Balaban J connectivity index is 1.83. The SMILES string of the molecule is C=CCc1cc(OC)c2c3c1C[C@@H]1[C@@H]4C=C[C@H](O)[C@H](O2)[C@]34CCN1C. The molecule has 1 fully saturated rings. The fourth-order valence-electron chi connectivity index (χ4n) is 5.87. The van der Waals surface area contributed by atoms with Gasteiger partial charge < -0.3 is 19.5 Å². The fourth-order valence-corrected chi connectivity index (χ4v) is 5.87. The van der Waals surface area contributed by atoms with Gasteiger partial charge in [0, 0.05) is 22.9 Å². The largest absolute Gasteiger partial charge is 0.493 e. The molecule has 1 aromatic carbocycles. The molecule has 5 atom stereocenters. The summed E-state index contributed by atoms with van der Waals surface area (Å²) in [6.45, 7) is 4.97. The van der Waals surface area contributed by atoms with Gasteiger partial charge in [-0.25, -0.2) is 0 Å². The predicted molar refractivity (Wildman–Crippen MR) is 96.4 cm³/mol. The molecular weight excluding hydrogens is 314 g/mol. The van der Waals surface area contributed by atoms with Gasteiger partial charge in [-0.05, 0) is 50.0 Å². The Morgan fingerprint density at radius 3 is 3.08 bits per heavy atom. The highest BCUT2D eigenvalue weighted by atomic mass is 16.5. The molecule has 2 aliphatic carbocycles. The third-order valence-corrected chi connectivity index (χ3v) is 6.94. The minimum absolute atomic E-state index is 0.126. The van der Waals surface area contributed by atoms with Crippen molar-refractivity contribution in [1.82, 2.24) is 4.90 Å². The first-order valence-corrected chi connectivity index (χ1v) is 9.19. The van der Waals surface area contributed by atoms with E-state index in [1.807, 2.05) is 12.2 Å². The van der Waals surface area contributed by atoms with E-state index in [0.717, 1.165) is 37.3 Å². The number of hydrogen-bond acceptors (Lipinski definition) is 4. The third kappa shape index (κ3) is 1.74. The summed E-state index contributed by atoms with van der Waals surface area (Å²) in [5, 5.41) is 10.7. The molecule has 132 valence electrons. The molecule has 4 nitrogen and oxygen atoms in total. The van der Waals surface area contributed by atoms with Crippen molar-refractivity contribution in [2.75, 3.05) is 20.7 Å². The Labute approximate surface area is 148 Å². The van der Waals surface area contributed by atoms with Crippen molar-refractivity contribution in [1.29, 1.82) is 0 Å². The van der Waals surface area contributed by atoms with Crippen molar-refractivity contribution >= 4 is 0 Å². The van der Waals surface area contributed by atoms with Gasteiger partial charge in [-0.1, -0.05) is 18.2 Å². The molecule has 1 N–H and O–H groups in total. The number of likely N-dealkylation sites (tertiary alicyclic amines) is 1.